The Bertz CT molecular complexity index is 550. The second kappa shape index (κ2) is 29.2. The average molecular weight is 565 g/mol. The minimum Gasteiger partial charge on any atom is -0.462 e. The zero-order valence-electron chi connectivity index (χ0n) is 27.4. The van der Waals surface area contributed by atoms with E-state index in [0.29, 0.717) is 25.0 Å². The standard InChI is InChI=1S/C36H68O4/c1-6-10-14-18-20-24-28-33(26-22-16-12-8-3)30-39-35(37)32(5)36(38)40-31-34(27-23-17-13-9-4)29-25-21-19-15-11-7-2/h33-34H,5-31H2,1-4H3. The Morgan fingerprint density at radius 1 is 0.450 bits per heavy atom. The lowest BCUT2D eigenvalue weighted by Gasteiger charge is -2.19. The molecule has 0 amide bonds. The molecule has 0 fully saturated rings. The van der Waals surface area contributed by atoms with Crippen LogP contribution >= 0.6 is 0 Å². The summed E-state index contributed by atoms with van der Waals surface area (Å²) in [7, 11) is 0. The monoisotopic (exact) mass is 565 g/mol. The van der Waals surface area contributed by atoms with Crippen molar-refractivity contribution in [2.45, 2.75) is 182 Å². The molecular formula is C36H68O4. The van der Waals surface area contributed by atoms with Crippen molar-refractivity contribution in [3.8, 4) is 0 Å². The zero-order chi connectivity index (χ0) is 29.7. The van der Waals surface area contributed by atoms with Crippen molar-refractivity contribution in [1.29, 1.82) is 0 Å². The van der Waals surface area contributed by atoms with Gasteiger partial charge in [0.1, 0.15) is 5.57 Å². The van der Waals surface area contributed by atoms with Crippen molar-refractivity contribution in [3.63, 3.8) is 0 Å². The predicted molar refractivity (Wildman–Crippen MR) is 172 cm³/mol. The number of ether oxygens (including phenoxy) is 2. The Morgan fingerprint density at radius 3 is 1.00 bits per heavy atom. The fraction of sp³-hybridized carbons (Fsp3) is 0.889. The average Bonchev–Trinajstić information content (AvgIpc) is 2.96. The Hall–Kier alpha value is -1.32. The van der Waals surface area contributed by atoms with Crippen LogP contribution in [0.1, 0.15) is 182 Å². The molecule has 40 heavy (non-hydrogen) atoms. The third kappa shape index (κ3) is 23.4. The van der Waals surface area contributed by atoms with E-state index in [-0.39, 0.29) is 5.57 Å². The van der Waals surface area contributed by atoms with Gasteiger partial charge in [-0.3, -0.25) is 0 Å². The Morgan fingerprint density at radius 2 is 0.700 bits per heavy atom. The van der Waals surface area contributed by atoms with E-state index in [0.717, 1.165) is 25.7 Å². The van der Waals surface area contributed by atoms with Gasteiger partial charge in [0.25, 0.3) is 0 Å². The fourth-order valence-corrected chi connectivity index (χ4v) is 5.41. The summed E-state index contributed by atoms with van der Waals surface area (Å²) in [6, 6.07) is 0. The van der Waals surface area contributed by atoms with Crippen LogP contribution in [-0.4, -0.2) is 25.2 Å². The molecule has 0 aromatic carbocycles. The lowest BCUT2D eigenvalue weighted by Crippen LogP contribution is -2.22. The van der Waals surface area contributed by atoms with E-state index in [2.05, 4.69) is 34.3 Å². The number of hydrogen-bond acceptors (Lipinski definition) is 4. The van der Waals surface area contributed by atoms with Crippen LogP contribution in [0.4, 0.5) is 0 Å². The van der Waals surface area contributed by atoms with Crippen LogP contribution in [0.2, 0.25) is 0 Å². The quantitative estimate of drug-likeness (QED) is 0.0286. The van der Waals surface area contributed by atoms with Gasteiger partial charge in [0.2, 0.25) is 0 Å². The van der Waals surface area contributed by atoms with Crippen molar-refractivity contribution in [1.82, 2.24) is 0 Å². The second-order valence-corrected chi connectivity index (χ2v) is 12.2. The summed E-state index contributed by atoms with van der Waals surface area (Å²) in [5, 5.41) is 0. The van der Waals surface area contributed by atoms with Crippen molar-refractivity contribution in [2.24, 2.45) is 11.8 Å². The highest BCUT2D eigenvalue weighted by Crippen LogP contribution is 2.22. The number of rotatable bonds is 30. The van der Waals surface area contributed by atoms with Crippen LogP contribution in [0.15, 0.2) is 12.2 Å². The van der Waals surface area contributed by atoms with Gasteiger partial charge in [-0.2, -0.15) is 0 Å². The van der Waals surface area contributed by atoms with E-state index in [4.69, 9.17) is 9.47 Å². The maximum Gasteiger partial charge on any atom is 0.344 e. The first-order chi connectivity index (χ1) is 19.5. The highest BCUT2D eigenvalue weighted by atomic mass is 16.6. The summed E-state index contributed by atoms with van der Waals surface area (Å²) in [5.41, 5.74) is -0.159. The highest BCUT2D eigenvalue weighted by Gasteiger charge is 2.22. The van der Waals surface area contributed by atoms with Crippen LogP contribution in [-0.2, 0) is 19.1 Å². The third-order valence-corrected chi connectivity index (χ3v) is 8.26. The molecule has 0 aliphatic rings. The normalized spacial score (nSPS) is 12.7. The lowest BCUT2D eigenvalue weighted by atomic mass is 9.95. The number of carbonyl (C=O) groups excluding carboxylic acids is 2. The molecule has 0 heterocycles. The molecule has 0 saturated carbocycles. The summed E-state index contributed by atoms with van der Waals surface area (Å²) in [6.07, 6.45) is 29.3. The van der Waals surface area contributed by atoms with Gasteiger partial charge < -0.3 is 9.47 Å². The number of unbranched alkanes of at least 4 members (excludes halogenated alkanes) is 16. The van der Waals surface area contributed by atoms with E-state index >= 15 is 0 Å². The summed E-state index contributed by atoms with van der Waals surface area (Å²) >= 11 is 0. The summed E-state index contributed by atoms with van der Waals surface area (Å²) < 4.78 is 11.2. The first-order valence-electron chi connectivity index (χ1n) is 17.5. The molecule has 2 atom stereocenters. The van der Waals surface area contributed by atoms with Gasteiger partial charge in [0.15, 0.2) is 0 Å². The van der Waals surface area contributed by atoms with Crippen LogP contribution in [0.25, 0.3) is 0 Å². The van der Waals surface area contributed by atoms with Gasteiger partial charge in [-0.15, -0.1) is 0 Å². The van der Waals surface area contributed by atoms with E-state index < -0.39 is 11.9 Å². The van der Waals surface area contributed by atoms with Crippen LogP contribution in [0.3, 0.4) is 0 Å². The minimum atomic E-state index is -0.609. The van der Waals surface area contributed by atoms with Gasteiger partial charge in [0, 0.05) is 0 Å². The summed E-state index contributed by atoms with van der Waals surface area (Å²) in [4.78, 5) is 25.4. The molecule has 0 saturated heterocycles. The predicted octanol–water partition coefficient (Wildman–Crippen LogP) is 11.3. The Balaban J connectivity index is 4.62. The smallest absolute Gasteiger partial charge is 0.344 e. The molecule has 0 rings (SSSR count). The minimum absolute atomic E-state index is 0.159. The van der Waals surface area contributed by atoms with Gasteiger partial charge in [-0.05, 0) is 37.5 Å². The molecule has 0 N–H and O–H groups in total. The van der Waals surface area contributed by atoms with E-state index in [9.17, 15) is 9.59 Å². The van der Waals surface area contributed by atoms with Gasteiger partial charge >= 0.3 is 11.9 Å². The first-order valence-corrected chi connectivity index (χ1v) is 17.5. The largest absolute Gasteiger partial charge is 0.462 e. The summed E-state index contributed by atoms with van der Waals surface area (Å²) in [5.74, 6) is -0.495. The van der Waals surface area contributed by atoms with Crippen LogP contribution in [0.5, 0.6) is 0 Å². The lowest BCUT2D eigenvalue weighted by molar-refractivity contribution is -0.148. The zero-order valence-corrected chi connectivity index (χ0v) is 27.4. The molecule has 0 aliphatic heterocycles. The molecule has 0 aromatic heterocycles. The molecule has 0 spiro atoms. The molecule has 4 heteroatoms. The van der Waals surface area contributed by atoms with Gasteiger partial charge in [0.05, 0.1) is 13.2 Å². The maximum absolute atomic E-state index is 12.7. The molecule has 0 radical (unpaired) electrons. The fourth-order valence-electron chi connectivity index (χ4n) is 5.41. The van der Waals surface area contributed by atoms with Gasteiger partial charge in [-0.1, -0.05) is 163 Å². The maximum atomic E-state index is 12.7. The number of esters is 2. The molecule has 2 unspecified atom stereocenters. The second-order valence-electron chi connectivity index (χ2n) is 12.2. The van der Waals surface area contributed by atoms with E-state index in [1.807, 2.05) is 0 Å². The molecule has 0 bridgehead atoms. The molecular weight excluding hydrogens is 496 g/mol. The molecule has 4 nitrogen and oxygen atoms in total. The molecule has 236 valence electrons. The van der Waals surface area contributed by atoms with Crippen molar-refractivity contribution < 1.29 is 19.1 Å². The van der Waals surface area contributed by atoms with Crippen molar-refractivity contribution >= 4 is 11.9 Å². The van der Waals surface area contributed by atoms with Crippen molar-refractivity contribution in [2.75, 3.05) is 13.2 Å². The third-order valence-electron chi connectivity index (χ3n) is 8.26. The van der Waals surface area contributed by atoms with Crippen LogP contribution < -0.4 is 0 Å². The van der Waals surface area contributed by atoms with Gasteiger partial charge in [-0.25, -0.2) is 9.59 Å². The highest BCUT2D eigenvalue weighted by molar-refractivity contribution is 6.13. The van der Waals surface area contributed by atoms with E-state index in [1.165, 1.54) is 128 Å². The number of hydrogen-bond donors (Lipinski definition) is 0. The summed E-state index contributed by atoms with van der Waals surface area (Å²) in [6.45, 7) is 13.4. The Kier molecular flexibility index (Phi) is 28.2. The van der Waals surface area contributed by atoms with Crippen LogP contribution in [0, 0.1) is 11.8 Å². The Labute approximate surface area is 249 Å². The van der Waals surface area contributed by atoms with Crippen molar-refractivity contribution in [3.05, 3.63) is 12.2 Å². The molecule has 0 aromatic rings. The van der Waals surface area contributed by atoms with E-state index in [1.54, 1.807) is 0 Å². The SMILES string of the molecule is C=C(C(=O)OCC(CCCCCC)CCCCCCCC)C(=O)OCC(CCCCCC)CCCCCCCC. The number of carbonyl (C=O) groups is 2. The molecule has 0 aliphatic carbocycles. The first kappa shape index (κ1) is 38.7. The topological polar surface area (TPSA) is 52.6 Å².